The van der Waals surface area contributed by atoms with Gasteiger partial charge in [-0.1, -0.05) is 11.6 Å². The van der Waals surface area contributed by atoms with Crippen LogP contribution in [-0.4, -0.2) is 23.1 Å². The smallest absolute Gasteiger partial charge is 0.226 e. The Balaban J connectivity index is -0.00000121. The molecule has 0 fully saturated rings. The Kier molecular flexibility index (Phi) is 14.6. The third-order valence-corrected chi connectivity index (χ3v) is 3.03. The van der Waals surface area contributed by atoms with Crippen molar-refractivity contribution < 1.29 is 0 Å². The van der Waals surface area contributed by atoms with E-state index in [2.05, 4.69) is 20.6 Å². The summed E-state index contributed by atoms with van der Waals surface area (Å²) in [5.41, 5.74) is 24.0. The van der Waals surface area contributed by atoms with Crippen LogP contribution < -0.4 is 33.6 Å². The van der Waals surface area contributed by atoms with Crippen LogP contribution in [0.15, 0.2) is 18.2 Å². The largest absolute Gasteiger partial charge is 0.399 e. The molecule has 1 aromatic heterocycles. The van der Waals surface area contributed by atoms with Crippen LogP contribution in [0.1, 0.15) is 0 Å². The summed E-state index contributed by atoms with van der Waals surface area (Å²) in [5, 5.41) is 6.71. The quantitative estimate of drug-likeness (QED) is 0.298. The van der Waals surface area contributed by atoms with Crippen LogP contribution >= 0.6 is 61.2 Å². The Morgan fingerprint density at radius 3 is 1.88 bits per heavy atom. The predicted octanol–water partition coefficient (Wildman–Crippen LogP) is 2.67. The van der Waals surface area contributed by atoms with Gasteiger partial charge in [-0.15, -0.1) is 49.6 Å². The number of anilines is 6. The summed E-state index contributed by atoms with van der Waals surface area (Å²) < 4.78 is 0. The normalized spacial score (nSPS) is 8.68. The molecule has 0 bridgehead atoms. The molecule has 13 heteroatoms. The molecule has 0 aliphatic carbocycles. The molecule has 10 N–H and O–H groups in total. The SMILES string of the molecule is Cl.Cl.Cl.Cl.Nc1ccc(NCCNc2nc(N)c(N)c(N)n2)c(Cl)c1. The van der Waals surface area contributed by atoms with Gasteiger partial charge < -0.3 is 33.6 Å². The number of hydrogen-bond acceptors (Lipinski definition) is 8. The molecule has 144 valence electrons. The number of nitrogens with two attached hydrogens (primary N) is 4. The molecule has 0 unspecified atom stereocenters. The fourth-order valence-corrected chi connectivity index (χ4v) is 1.89. The van der Waals surface area contributed by atoms with Gasteiger partial charge in [0.2, 0.25) is 5.95 Å². The molecule has 0 saturated heterocycles. The Hall–Kier alpha value is -1.45. The third kappa shape index (κ3) is 7.98. The van der Waals surface area contributed by atoms with Gasteiger partial charge in [-0.05, 0) is 18.2 Å². The fraction of sp³-hybridized carbons (Fsp3) is 0.167. The molecule has 0 spiro atoms. The molecule has 0 amide bonds. The van der Waals surface area contributed by atoms with Crippen LogP contribution in [0, 0.1) is 0 Å². The number of nitrogens with one attached hydrogen (secondary N) is 2. The van der Waals surface area contributed by atoms with Crippen molar-refractivity contribution in [2.45, 2.75) is 0 Å². The van der Waals surface area contributed by atoms with Crippen LogP contribution in [0.25, 0.3) is 0 Å². The number of halogens is 5. The predicted molar refractivity (Wildman–Crippen MR) is 117 cm³/mol. The highest BCUT2D eigenvalue weighted by Crippen LogP contribution is 2.23. The number of rotatable bonds is 5. The number of aromatic nitrogens is 2. The highest BCUT2D eigenvalue weighted by atomic mass is 35.5. The molecule has 1 heterocycles. The Bertz CT molecular complexity index is 634. The van der Waals surface area contributed by atoms with Crippen LogP contribution in [0.2, 0.25) is 5.02 Å². The van der Waals surface area contributed by atoms with Crippen LogP contribution in [0.5, 0.6) is 0 Å². The van der Waals surface area contributed by atoms with Gasteiger partial charge in [-0.2, -0.15) is 9.97 Å². The molecule has 2 rings (SSSR count). The van der Waals surface area contributed by atoms with E-state index in [0.717, 1.165) is 5.69 Å². The first-order valence-corrected chi connectivity index (χ1v) is 6.56. The highest BCUT2D eigenvalue weighted by molar-refractivity contribution is 6.33. The van der Waals surface area contributed by atoms with Crippen LogP contribution in [0.4, 0.5) is 34.6 Å². The van der Waals surface area contributed by atoms with Crippen molar-refractivity contribution in [1.82, 2.24) is 9.97 Å². The molecule has 1 aromatic carbocycles. The van der Waals surface area contributed by atoms with Gasteiger partial charge in [0.25, 0.3) is 0 Å². The minimum absolute atomic E-state index is 0. The summed E-state index contributed by atoms with van der Waals surface area (Å²) in [6.45, 7) is 1.14. The molecular weight excluding hydrogens is 433 g/mol. The van der Waals surface area contributed by atoms with E-state index in [0.29, 0.717) is 29.7 Å². The zero-order chi connectivity index (χ0) is 15.4. The van der Waals surface area contributed by atoms with Crippen molar-refractivity contribution in [3.8, 4) is 0 Å². The molecule has 0 aliphatic heterocycles. The zero-order valence-corrected chi connectivity index (χ0v) is 16.9. The molecule has 0 saturated carbocycles. The zero-order valence-electron chi connectivity index (χ0n) is 12.9. The van der Waals surface area contributed by atoms with Crippen molar-refractivity contribution in [3.05, 3.63) is 23.2 Å². The van der Waals surface area contributed by atoms with Gasteiger partial charge in [0.1, 0.15) is 5.69 Å². The second-order valence-corrected chi connectivity index (χ2v) is 4.73. The molecule has 0 atom stereocenters. The van der Waals surface area contributed by atoms with E-state index < -0.39 is 0 Å². The average Bonchev–Trinajstić information content (AvgIpc) is 2.42. The number of benzene rings is 1. The maximum atomic E-state index is 6.05. The summed E-state index contributed by atoms with van der Waals surface area (Å²) in [5.74, 6) is 0.628. The summed E-state index contributed by atoms with van der Waals surface area (Å²) in [6, 6.07) is 5.27. The van der Waals surface area contributed by atoms with Gasteiger partial charge in [-0.25, -0.2) is 0 Å². The number of nitrogen functional groups attached to an aromatic ring is 4. The summed E-state index contributed by atoms with van der Waals surface area (Å²) in [4.78, 5) is 7.97. The summed E-state index contributed by atoms with van der Waals surface area (Å²) in [6.07, 6.45) is 0. The first kappa shape index (κ1) is 28.4. The lowest BCUT2D eigenvalue weighted by atomic mass is 10.3. The van der Waals surface area contributed by atoms with E-state index in [4.69, 9.17) is 34.5 Å². The number of nitrogens with zero attached hydrogens (tertiary/aromatic N) is 2. The minimum atomic E-state index is 0. The van der Waals surface area contributed by atoms with Crippen molar-refractivity contribution in [2.24, 2.45) is 0 Å². The van der Waals surface area contributed by atoms with Gasteiger partial charge >= 0.3 is 0 Å². The van der Waals surface area contributed by atoms with E-state index in [9.17, 15) is 0 Å². The topological polar surface area (TPSA) is 154 Å². The molecular formula is C12H21Cl5N8. The fourth-order valence-electron chi connectivity index (χ4n) is 1.63. The van der Waals surface area contributed by atoms with E-state index in [1.165, 1.54) is 0 Å². The van der Waals surface area contributed by atoms with E-state index in [1.807, 2.05) is 6.07 Å². The Labute approximate surface area is 175 Å². The lowest BCUT2D eigenvalue weighted by Gasteiger charge is -2.11. The summed E-state index contributed by atoms with van der Waals surface area (Å²) in [7, 11) is 0. The second kappa shape index (κ2) is 12.8. The van der Waals surface area contributed by atoms with Gasteiger partial charge in [0.05, 0.1) is 10.7 Å². The first-order chi connectivity index (χ1) is 9.97. The van der Waals surface area contributed by atoms with Gasteiger partial charge in [-0.3, -0.25) is 0 Å². The standard InChI is InChI=1S/C12H17ClN8.4ClH/c13-7-5-6(14)1-2-8(7)18-3-4-19-12-20-10(16)9(15)11(17)21-12;;;;/h1-2,5,18H,3-4,14-15H2,(H5,16,17,19,20,21);4*1H. The number of hydrogen-bond donors (Lipinski definition) is 6. The van der Waals surface area contributed by atoms with Crippen LogP contribution in [-0.2, 0) is 0 Å². The summed E-state index contributed by atoms with van der Waals surface area (Å²) >= 11 is 6.05. The van der Waals surface area contributed by atoms with E-state index in [1.54, 1.807) is 12.1 Å². The molecule has 0 radical (unpaired) electrons. The lowest BCUT2D eigenvalue weighted by Crippen LogP contribution is -2.17. The highest BCUT2D eigenvalue weighted by Gasteiger charge is 2.06. The molecule has 0 aliphatic rings. The molecule has 25 heavy (non-hydrogen) atoms. The van der Waals surface area contributed by atoms with Gasteiger partial charge in [0, 0.05) is 18.8 Å². The minimum Gasteiger partial charge on any atom is -0.399 e. The maximum Gasteiger partial charge on any atom is 0.226 e. The average molecular weight is 455 g/mol. The second-order valence-electron chi connectivity index (χ2n) is 4.32. The van der Waals surface area contributed by atoms with Crippen molar-refractivity contribution in [2.75, 3.05) is 46.7 Å². The Morgan fingerprint density at radius 1 is 0.840 bits per heavy atom. The van der Waals surface area contributed by atoms with Crippen molar-refractivity contribution >= 4 is 95.9 Å². The third-order valence-electron chi connectivity index (χ3n) is 2.72. The van der Waals surface area contributed by atoms with Crippen molar-refractivity contribution in [3.63, 3.8) is 0 Å². The lowest BCUT2D eigenvalue weighted by molar-refractivity contribution is 1.03. The monoisotopic (exact) mass is 452 g/mol. The molecule has 2 aromatic rings. The Morgan fingerprint density at radius 2 is 1.36 bits per heavy atom. The van der Waals surface area contributed by atoms with E-state index in [-0.39, 0.29) is 67.0 Å². The van der Waals surface area contributed by atoms with Crippen molar-refractivity contribution in [1.29, 1.82) is 0 Å². The maximum absolute atomic E-state index is 6.05. The van der Waals surface area contributed by atoms with E-state index >= 15 is 0 Å². The first-order valence-electron chi connectivity index (χ1n) is 6.18. The van der Waals surface area contributed by atoms with Crippen LogP contribution in [0.3, 0.4) is 0 Å². The van der Waals surface area contributed by atoms with Gasteiger partial charge in [0.15, 0.2) is 11.6 Å². The molecule has 8 nitrogen and oxygen atoms in total.